The van der Waals surface area contributed by atoms with Gasteiger partial charge < -0.3 is 20.4 Å². The Morgan fingerprint density at radius 3 is 2.45 bits per heavy atom. The molecule has 1 aliphatic carbocycles. The molecule has 1 fully saturated rings. The number of carbonyl (C=O) groups is 3. The van der Waals surface area contributed by atoms with E-state index in [1.54, 1.807) is 36.4 Å². The second kappa shape index (κ2) is 10.8. The SMILES string of the molecule is CC[C@H](C)[C@H](NC(=O)c1ccccc1NC(=O)c1ccco1)C(=O)NC1CCCCC1. The maximum absolute atomic E-state index is 13.1. The Kier molecular flexibility index (Phi) is 7.87. The van der Waals surface area contributed by atoms with Gasteiger partial charge in [-0.15, -0.1) is 0 Å². The number of hydrogen-bond acceptors (Lipinski definition) is 4. The molecule has 31 heavy (non-hydrogen) atoms. The van der Waals surface area contributed by atoms with Gasteiger partial charge in [0.2, 0.25) is 5.91 Å². The molecule has 1 aliphatic rings. The van der Waals surface area contributed by atoms with E-state index in [-0.39, 0.29) is 23.6 Å². The number of para-hydroxylation sites is 1. The summed E-state index contributed by atoms with van der Waals surface area (Å²) in [5.41, 5.74) is 0.651. The van der Waals surface area contributed by atoms with E-state index in [1.165, 1.54) is 12.7 Å². The van der Waals surface area contributed by atoms with Crippen LogP contribution >= 0.6 is 0 Å². The molecule has 0 radical (unpaired) electrons. The maximum Gasteiger partial charge on any atom is 0.291 e. The van der Waals surface area contributed by atoms with Crippen LogP contribution in [-0.4, -0.2) is 29.8 Å². The van der Waals surface area contributed by atoms with E-state index in [2.05, 4.69) is 16.0 Å². The number of benzene rings is 1. The van der Waals surface area contributed by atoms with E-state index in [4.69, 9.17) is 4.42 Å². The molecule has 2 atom stereocenters. The zero-order valence-electron chi connectivity index (χ0n) is 18.1. The van der Waals surface area contributed by atoms with Crippen molar-refractivity contribution in [3.05, 3.63) is 54.0 Å². The minimum atomic E-state index is -0.645. The molecular formula is C24H31N3O4. The molecular weight excluding hydrogens is 394 g/mol. The van der Waals surface area contributed by atoms with Crippen LogP contribution in [0.25, 0.3) is 0 Å². The lowest BCUT2D eigenvalue weighted by molar-refractivity contribution is -0.125. The Balaban J connectivity index is 1.72. The first-order chi connectivity index (χ1) is 15.0. The highest BCUT2D eigenvalue weighted by molar-refractivity contribution is 6.08. The zero-order valence-corrected chi connectivity index (χ0v) is 18.1. The van der Waals surface area contributed by atoms with E-state index in [9.17, 15) is 14.4 Å². The Morgan fingerprint density at radius 2 is 1.77 bits per heavy atom. The lowest BCUT2D eigenvalue weighted by atomic mass is 9.93. The van der Waals surface area contributed by atoms with E-state index in [0.29, 0.717) is 11.3 Å². The van der Waals surface area contributed by atoms with Crippen LogP contribution in [0.5, 0.6) is 0 Å². The number of hydrogen-bond donors (Lipinski definition) is 3. The monoisotopic (exact) mass is 425 g/mol. The summed E-state index contributed by atoms with van der Waals surface area (Å²) in [5.74, 6) is -0.873. The number of anilines is 1. The van der Waals surface area contributed by atoms with Crippen LogP contribution in [-0.2, 0) is 4.79 Å². The number of nitrogens with one attached hydrogen (secondary N) is 3. The van der Waals surface area contributed by atoms with Crippen LogP contribution in [0.1, 0.15) is 73.3 Å². The summed E-state index contributed by atoms with van der Waals surface area (Å²) in [5, 5.41) is 8.73. The highest BCUT2D eigenvalue weighted by Crippen LogP contribution is 2.20. The number of rotatable bonds is 8. The summed E-state index contributed by atoms with van der Waals surface area (Å²) >= 11 is 0. The molecule has 2 aromatic rings. The lowest BCUT2D eigenvalue weighted by Crippen LogP contribution is -2.52. The van der Waals surface area contributed by atoms with Crippen LogP contribution < -0.4 is 16.0 Å². The number of carbonyl (C=O) groups excluding carboxylic acids is 3. The van der Waals surface area contributed by atoms with Gasteiger partial charge >= 0.3 is 0 Å². The molecule has 1 saturated carbocycles. The van der Waals surface area contributed by atoms with Crippen molar-refractivity contribution in [1.82, 2.24) is 10.6 Å². The molecule has 3 rings (SSSR count). The molecule has 0 spiro atoms. The van der Waals surface area contributed by atoms with Gasteiger partial charge in [0.1, 0.15) is 6.04 Å². The van der Waals surface area contributed by atoms with E-state index in [0.717, 1.165) is 32.1 Å². The average Bonchev–Trinajstić information content (AvgIpc) is 3.33. The summed E-state index contributed by atoms with van der Waals surface area (Å²) in [7, 11) is 0. The molecule has 0 bridgehead atoms. The van der Waals surface area contributed by atoms with Gasteiger partial charge in [0, 0.05) is 6.04 Å². The smallest absolute Gasteiger partial charge is 0.291 e. The van der Waals surface area contributed by atoms with Crippen molar-refractivity contribution >= 4 is 23.4 Å². The maximum atomic E-state index is 13.1. The third-order valence-electron chi connectivity index (χ3n) is 5.90. The molecule has 166 valence electrons. The van der Waals surface area contributed by atoms with Gasteiger partial charge in [0.15, 0.2) is 5.76 Å². The first kappa shape index (κ1) is 22.6. The molecule has 1 aromatic heterocycles. The highest BCUT2D eigenvalue weighted by atomic mass is 16.3. The van der Waals surface area contributed by atoms with Gasteiger partial charge in [0.05, 0.1) is 17.5 Å². The summed E-state index contributed by atoms with van der Waals surface area (Å²) in [6.45, 7) is 3.95. The molecule has 3 N–H and O–H groups in total. The summed E-state index contributed by atoms with van der Waals surface area (Å²) < 4.78 is 5.12. The topological polar surface area (TPSA) is 100 Å². The minimum absolute atomic E-state index is 0.0302. The van der Waals surface area contributed by atoms with E-state index in [1.807, 2.05) is 13.8 Å². The lowest BCUT2D eigenvalue weighted by Gasteiger charge is -2.28. The molecule has 1 heterocycles. The van der Waals surface area contributed by atoms with Crippen LogP contribution in [0.2, 0.25) is 0 Å². The first-order valence-corrected chi connectivity index (χ1v) is 11.0. The molecule has 1 aromatic carbocycles. The van der Waals surface area contributed by atoms with Gasteiger partial charge in [0.25, 0.3) is 11.8 Å². The van der Waals surface area contributed by atoms with Gasteiger partial charge in [-0.3, -0.25) is 14.4 Å². The van der Waals surface area contributed by atoms with Gasteiger partial charge in [-0.2, -0.15) is 0 Å². The van der Waals surface area contributed by atoms with Crippen LogP contribution in [0.4, 0.5) is 5.69 Å². The summed E-state index contributed by atoms with van der Waals surface area (Å²) in [6, 6.07) is 9.42. The van der Waals surface area contributed by atoms with Gasteiger partial charge in [-0.1, -0.05) is 51.7 Å². The minimum Gasteiger partial charge on any atom is -0.459 e. The van der Waals surface area contributed by atoms with Crippen LogP contribution in [0.3, 0.4) is 0 Å². The quantitative estimate of drug-likeness (QED) is 0.592. The summed E-state index contributed by atoms with van der Waals surface area (Å²) in [4.78, 5) is 38.4. The van der Waals surface area contributed by atoms with Crippen molar-refractivity contribution in [2.24, 2.45) is 5.92 Å². The van der Waals surface area contributed by atoms with E-state index < -0.39 is 17.9 Å². The number of amides is 3. The Bertz CT molecular complexity index is 888. The molecule has 0 saturated heterocycles. The van der Waals surface area contributed by atoms with Crippen molar-refractivity contribution in [3.63, 3.8) is 0 Å². The zero-order chi connectivity index (χ0) is 22.2. The third kappa shape index (κ3) is 5.96. The van der Waals surface area contributed by atoms with Crippen LogP contribution in [0, 0.1) is 5.92 Å². The highest BCUT2D eigenvalue weighted by Gasteiger charge is 2.29. The second-order valence-electron chi connectivity index (χ2n) is 8.16. The Morgan fingerprint density at radius 1 is 1.03 bits per heavy atom. The first-order valence-electron chi connectivity index (χ1n) is 11.0. The average molecular weight is 426 g/mol. The second-order valence-corrected chi connectivity index (χ2v) is 8.16. The number of furan rings is 1. The van der Waals surface area contributed by atoms with Crippen molar-refractivity contribution in [1.29, 1.82) is 0 Å². The Hall–Kier alpha value is -3.09. The predicted molar refractivity (Wildman–Crippen MR) is 119 cm³/mol. The molecule has 0 unspecified atom stereocenters. The van der Waals surface area contributed by atoms with Crippen molar-refractivity contribution in [2.45, 2.75) is 64.5 Å². The molecule has 7 heteroatoms. The molecule has 3 amide bonds. The molecule has 0 aliphatic heterocycles. The van der Waals surface area contributed by atoms with E-state index >= 15 is 0 Å². The van der Waals surface area contributed by atoms with Crippen LogP contribution in [0.15, 0.2) is 47.1 Å². The fourth-order valence-corrected chi connectivity index (χ4v) is 3.84. The standard InChI is InChI=1S/C24H31N3O4/c1-3-16(2)21(24(30)25-17-10-5-4-6-11-17)27-22(28)18-12-7-8-13-19(18)26-23(29)20-14-9-15-31-20/h7-9,12-17,21H,3-6,10-11H2,1-2H3,(H,25,30)(H,26,29)(H,27,28)/t16-,21-/m0/s1. The van der Waals surface area contributed by atoms with Crippen molar-refractivity contribution in [3.8, 4) is 0 Å². The van der Waals surface area contributed by atoms with Gasteiger partial charge in [-0.05, 0) is 43.0 Å². The Labute approximate surface area is 183 Å². The largest absolute Gasteiger partial charge is 0.459 e. The van der Waals surface area contributed by atoms with Gasteiger partial charge in [-0.25, -0.2) is 0 Å². The fourth-order valence-electron chi connectivity index (χ4n) is 3.84. The van der Waals surface area contributed by atoms with Crippen molar-refractivity contribution in [2.75, 3.05) is 5.32 Å². The predicted octanol–water partition coefficient (Wildman–Crippen LogP) is 4.13. The fraction of sp³-hybridized carbons (Fsp3) is 0.458. The van der Waals surface area contributed by atoms with Crippen molar-refractivity contribution < 1.29 is 18.8 Å². The summed E-state index contributed by atoms with van der Waals surface area (Å²) in [6.07, 6.45) is 7.57. The normalized spacial score (nSPS) is 16.2. The molecule has 7 nitrogen and oxygen atoms in total. The third-order valence-corrected chi connectivity index (χ3v) is 5.90.